The first-order valence-corrected chi connectivity index (χ1v) is 5.72. The van der Waals surface area contributed by atoms with E-state index in [1.807, 2.05) is 0 Å². The Balaban J connectivity index is 2.58. The molecule has 0 aliphatic heterocycles. The highest BCUT2D eigenvalue weighted by Crippen LogP contribution is 2.24. The van der Waals surface area contributed by atoms with Crippen LogP contribution in [-0.4, -0.2) is 26.0 Å². The van der Waals surface area contributed by atoms with Crippen LogP contribution in [0.2, 0.25) is 0 Å². The number of carbonyl (C=O) groups is 1. The van der Waals surface area contributed by atoms with Crippen LogP contribution in [0.3, 0.4) is 0 Å². The maximum absolute atomic E-state index is 12.9. The van der Waals surface area contributed by atoms with Gasteiger partial charge in [-0.15, -0.1) is 0 Å². The summed E-state index contributed by atoms with van der Waals surface area (Å²) in [7, 11) is 0. The van der Waals surface area contributed by atoms with Crippen LogP contribution in [0.4, 0.5) is 8.78 Å². The van der Waals surface area contributed by atoms with Crippen molar-refractivity contribution >= 4 is 5.97 Å². The topological polar surface area (TPSA) is 76.0 Å². The first-order chi connectivity index (χ1) is 9.38. The van der Waals surface area contributed by atoms with Crippen molar-refractivity contribution in [3.8, 4) is 11.4 Å². The molecular weight excluding hydrogens is 268 g/mol. The van der Waals surface area contributed by atoms with Crippen LogP contribution >= 0.6 is 0 Å². The Bertz CT molecular complexity index is 654. The maximum atomic E-state index is 12.9. The van der Waals surface area contributed by atoms with Crippen molar-refractivity contribution in [1.82, 2.24) is 15.0 Å². The van der Waals surface area contributed by atoms with Crippen LogP contribution < -0.4 is 0 Å². The molecular formula is C13H11F2N3O2. The third-order valence-electron chi connectivity index (χ3n) is 2.60. The fourth-order valence-corrected chi connectivity index (χ4v) is 1.83. The Morgan fingerprint density at radius 1 is 1.20 bits per heavy atom. The number of pyridine rings is 1. The number of hydrogen-bond acceptors (Lipinski definition) is 4. The van der Waals surface area contributed by atoms with Crippen molar-refractivity contribution in [3.05, 3.63) is 41.0 Å². The summed E-state index contributed by atoms with van der Waals surface area (Å²) >= 11 is 0. The number of halogens is 2. The minimum atomic E-state index is -2.98. The van der Waals surface area contributed by atoms with Gasteiger partial charge in [-0.2, -0.15) is 0 Å². The molecule has 0 saturated carbocycles. The highest BCUT2D eigenvalue weighted by molar-refractivity contribution is 5.88. The lowest BCUT2D eigenvalue weighted by Crippen LogP contribution is -2.08. The number of aromatic nitrogens is 3. The van der Waals surface area contributed by atoms with Crippen LogP contribution in [0.5, 0.6) is 0 Å². The van der Waals surface area contributed by atoms with Gasteiger partial charge in [0.1, 0.15) is 11.3 Å². The Morgan fingerprint density at radius 2 is 1.80 bits per heavy atom. The zero-order valence-electron chi connectivity index (χ0n) is 10.8. The predicted octanol–water partition coefficient (Wildman–Crippen LogP) is 2.79. The number of nitrogens with zero attached hydrogens (tertiary/aromatic N) is 3. The van der Waals surface area contributed by atoms with E-state index in [9.17, 15) is 13.6 Å². The summed E-state index contributed by atoms with van der Waals surface area (Å²) < 4.78 is 25.8. The van der Waals surface area contributed by atoms with Gasteiger partial charge < -0.3 is 5.11 Å². The summed E-state index contributed by atoms with van der Waals surface area (Å²) in [4.78, 5) is 22.5. The Morgan fingerprint density at radius 3 is 2.30 bits per heavy atom. The number of rotatable bonds is 3. The zero-order chi connectivity index (χ0) is 14.9. The molecule has 0 fully saturated rings. The number of alkyl halides is 2. The van der Waals surface area contributed by atoms with Crippen LogP contribution in [0.25, 0.3) is 11.4 Å². The third-order valence-corrected chi connectivity index (χ3v) is 2.60. The minimum absolute atomic E-state index is 0.0545. The van der Waals surface area contributed by atoms with Crippen molar-refractivity contribution in [3.63, 3.8) is 0 Å². The highest BCUT2D eigenvalue weighted by Gasteiger charge is 2.21. The summed E-state index contributed by atoms with van der Waals surface area (Å²) in [6.45, 7) is 3.52. The van der Waals surface area contributed by atoms with E-state index in [1.54, 1.807) is 26.0 Å². The van der Waals surface area contributed by atoms with Gasteiger partial charge in [-0.1, -0.05) is 0 Å². The lowest BCUT2D eigenvalue weighted by molar-refractivity contribution is 0.0681. The van der Waals surface area contributed by atoms with Gasteiger partial charge in [0.15, 0.2) is 5.82 Å². The molecule has 1 N–H and O–H groups in total. The average molecular weight is 279 g/mol. The monoisotopic (exact) mass is 279 g/mol. The van der Waals surface area contributed by atoms with Gasteiger partial charge in [0.05, 0.1) is 0 Å². The van der Waals surface area contributed by atoms with E-state index in [4.69, 9.17) is 5.11 Å². The summed E-state index contributed by atoms with van der Waals surface area (Å²) in [6, 6.07) is 3.30. The van der Waals surface area contributed by atoms with Crippen molar-refractivity contribution in [1.29, 1.82) is 0 Å². The largest absolute Gasteiger partial charge is 0.478 e. The zero-order valence-corrected chi connectivity index (χ0v) is 10.8. The molecule has 20 heavy (non-hydrogen) atoms. The lowest BCUT2D eigenvalue weighted by atomic mass is 10.1. The van der Waals surface area contributed by atoms with Crippen molar-refractivity contribution in [2.24, 2.45) is 0 Å². The molecule has 0 saturated heterocycles. The van der Waals surface area contributed by atoms with Crippen LogP contribution in [0.15, 0.2) is 18.3 Å². The molecule has 0 bridgehead atoms. The second-order valence-electron chi connectivity index (χ2n) is 4.24. The SMILES string of the molecule is Cc1cc(-c2ncc(C(=O)O)c(C(F)F)n2)cc(C)n1. The second kappa shape index (κ2) is 5.28. The first-order valence-electron chi connectivity index (χ1n) is 5.72. The summed E-state index contributed by atoms with van der Waals surface area (Å²) in [5.74, 6) is -1.42. The minimum Gasteiger partial charge on any atom is -0.478 e. The Kier molecular flexibility index (Phi) is 3.69. The number of aryl methyl sites for hydroxylation is 2. The maximum Gasteiger partial charge on any atom is 0.339 e. The number of carboxylic acid groups (broad SMARTS) is 1. The molecule has 0 atom stereocenters. The van der Waals surface area contributed by atoms with Crippen molar-refractivity contribution < 1.29 is 18.7 Å². The van der Waals surface area contributed by atoms with Gasteiger partial charge in [0.2, 0.25) is 0 Å². The van der Waals surface area contributed by atoms with E-state index in [0.29, 0.717) is 17.0 Å². The van der Waals surface area contributed by atoms with E-state index in [1.165, 1.54) is 0 Å². The van der Waals surface area contributed by atoms with E-state index in [2.05, 4.69) is 15.0 Å². The summed E-state index contributed by atoms with van der Waals surface area (Å²) in [5.41, 5.74) is 0.545. The molecule has 0 radical (unpaired) electrons. The molecule has 7 heteroatoms. The fraction of sp³-hybridized carbons (Fsp3) is 0.231. The molecule has 0 unspecified atom stereocenters. The molecule has 2 rings (SSSR count). The third kappa shape index (κ3) is 2.76. The van der Waals surface area contributed by atoms with Crippen molar-refractivity contribution in [2.75, 3.05) is 0 Å². The van der Waals surface area contributed by atoms with E-state index in [0.717, 1.165) is 6.20 Å². The standard InChI is InChI=1S/C13H11F2N3O2/c1-6-3-8(4-7(2)17-6)12-16-5-9(13(19)20)10(18-12)11(14)15/h3-5,11H,1-2H3,(H,19,20). The molecule has 2 heterocycles. The van der Waals surface area contributed by atoms with Crippen LogP contribution in [0, 0.1) is 13.8 Å². The molecule has 0 amide bonds. The van der Waals surface area contributed by atoms with E-state index >= 15 is 0 Å². The quantitative estimate of drug-likeness (QED) is 0.934. The van der Waals surface area contributed by atoms with Crippen molar-refractivity contribution in [2.45, 2.75) is 20.3 Å². The van der Waals surface area contributed by atoms with Gasteiger partial charge in [-0.25, -0.2) is 23.5 Å². The predicted molar refractivity (Wildman–Crippen MR) is 66.7 cm³/mol. The fourth-order valence-electron chi connectivity index (χ4n) is 1.83. The van der Waals surface area contributed by atoms with Gasteiger partial charge in [-0.05, 0) is 26.0 Å². The van der Waals surface area contributed by atoms with Gasteiger partial charge in [-0.3, -0.25) is 4.98 Å². The molecule has 0 aliphatic rings. The number of carboxylic acids is 1. The Hall–Kier alpha value is -2.44. The summed E-state index contributed by atoms with van der Waals surface area (Å²) in [5, 5.41) is 8.84. The van der Waals surface area contributed by atoms with Gasteiger partial charge in [0, 0.05) is 23.1 Å². The molecule has 0 aromatic carbocycles. The summed E-state index contributed by atoms with van der Waals surface area (Å²) in [6.07, 6.45) is -2.08. The highest BCUT2D eigenvalue weighted by atomic mass is 19.3. The number of aromatic carboxylic acids is 1. The molecule has 0 aliphatic carbocycles. The van der Waals surface area contributed by atoms with Crippen LogP contribution in [0.1, 0.15) is 33.9 Å². The molecule has 2 aromatic heterocycles. The second-order valence-corrected chi connectivity index (χ2v) is 4.24. The van der Waals surface area contributed by atoms with Gasteiger partial charge >= 0.3 is 5.97 Å². The van der Waals surface area contributed by atoms with E-state index < -0.39 is 23.7 Å². The molecule has 0 spiro atoms. The average Bonchev–Trinajstić information content (AvgIpc) is 2.36. The first kappa shape index (κ1) is 14.0. The van der Waals surface area contributed by atoms with E-state index in [-0.39, 0.29) is 5.82 Å². The molecule has 2 aromatic rings. The molecule has 104 valence electrons. The normalized spacial score (nSPS) is 10.8. The number of hydrogen-bond donors (Lipinski definition) is 1. The Labute approximate surface area is 113 Å². The molecule has 5 nitrogen and oxygen atoms in total. The van der Waals surface area contributed by atoms with Crippen LogP contribution in [-0.2, 0) is 0 Å². The van der Waals surface area contributed by atoms with Gasteiger partial charge in [0.25, 0.3) is 6.43 Å². The smallest absolute Gasteiger partial charge is 0.339 e. The lowest BCUT2D eigenvalue weighted by Gasteiger charge is -2.07.